The van der Waals surface area contributed by atoms with E-state index >= 15 is 0 Å². The summed E-state index contributed by atoms with van der Waals surface area (Å²) in [5.41, 5.74) is 0.513. The minimum atomic E-state index is -0.0163. The second-order valence-electron chi connectivity index (χ2n) is 13.3. The van der Waals surface area contributed by atoms with Gasteiger partial charge in [-0.25, -0.2) is 0 Å². The molecule has 0 aromatic heterocycles. The van der Waals surface area contributed by atoms with Crippen LogP contribution in [0.5, 0.6) is 0 Å². The first kappa shape index (κ1) is 30.3. The molecule has 0 saturated heterocycles. The summed E-state index contributed by atoms with van der Waals surface area (Å²) in [5, 5.41) is 3.41. The number of rotatable bonds is 10. The molecule has 3 nitrogen and oxygen atoms in total. The standard InChI is InChI=1S/C35H55BNO2/c1-3-5-21-32(14-4-2)39-28-33(38)37-35-25-22-34(23-26-35,24-27-35)29-15-11-12-19-31(20-13-16-29)36-30-17-9-7-6-8-10-18-30/h3-5,14,21,29-31H,1-2,6-13,15-20,22-28H2,(H,37,38)/b21-5-,32-14+. The molecule has 5 rings (SSSR count). The van der Waals surface area contributed by atoms with Crippen LogP contribution < -0.4 is 5.32 Å². The summed E-state index contributed by atoms with van der Waals surface area (Å²) in [4.78, 5) is 12.9. The van der Waals surface area contributed by atoms with Crippen LogP contribution in [0.2, 0.25) is 11.6 Å². The maximum atomic E-state index is 12.9. The highest BCUT2D eigenvalue weighted by molar-refractivity contribution is 6.39. The molecule has 0 heterocycles. The molecule has 0 aliphatic heterocycles. The van der Waals surface area contributed by atoms with Crippen LogP contribution in [0, 0.1) is 11.3 Å². The van der Waals surface area contributed by atoms with Crippen LogP contribution in [-0.4, -0.2) is 25.3 Å². The molecular formula is C35H55BNO2. The molecule has 0 aromatic rings. The lowest BCUT2D eigenvalue weighted by atomic mass is 9.50. The number of amides is 1. The summed E-state index contributed by atoms with van der Waals surface area (Å²) in [6, 6.07) is 0. The average molecular weight is 533 g/mol. The van der Waals surface area contributed by atoms with Gasteiger partial charge in [-0.15, -0.1) is 0 Å². The predicted molar refractivity (Wildman–Crippen MR) is 166 cm³/mol. The van der Waals surface area contributed by atoms with Crippen LogP contribution in [0.3, 0.4) is 0 Å². The molecule has 2 unspecified atom stereocenters. The van der Waals surface area contributed by atoms with Crippen molar-refractivity contribution in [1.82, 2.24) is 5.32 Å². The number of carbonyl (C=O) groups is 1. The van der Waals surface area contributed by atoms with E-state index in [1.807, 2.05) is 12.2 Å². The molecule has 2 atom stereocenters. The van der Waals surface area contributed by atoms with E-state index < -0.39 is 0 Å². The van der Waals surface area contributed by atoms with Gasteiger partial charge in [0.2, 0.25) is 0 Å². The number of carbonyl (C=O) groups excluding carboxylic acids is 1. The third kappa shape index (κ3) is 8.89. The maximum absolute atomic E-state index is 12.9. The van der Waals surface area contributed by atoms with E-state index in [0.29, 0.717) is 11.2 Å². The fourth-order valence-corrected chi connectivity index (χ4v) is 8.51. The van der Waals surface area contributed by atoms with Gasteiger partial charge in [-0.3, -0.25) is 4.79 Å². The zero-order valence-electron chi connectivity index (χ0n) is 24.8. The summed E-state index contributed by atoms with van der Waals surface area (Å²) in [5.74, 6) is 3.28. The summed E-state index contributed by atoms with van der Waals surface area (Å²) in [6.45, 7) is 7.48. The number of allylic oxidation sites excluding steroid dienone is 5. The lowest BCUT2D eigenvalue weighted by Crippen LogP contribution is -2.58. The van der Waals surface area contributed by atoms with Crippen molar-refractivity contribution in [3.63, 3.8) is 0 Å². The van der Waals surface area contributed by atoms with Gasteiger partial charge in [-0.05, 0) is 74.9 Å². The number of hydrogen-bond donors (Lipinski definition) is 1. The predicted octanol–water partition coefficient (Wildman–Crippen LogP) is 9.41. The third-order valence-electron chi connectivity index (χ3n) is 10.8. The number of ether oxygens (including phenoxy) is 1. The summed E-state index contributed by atoms with van der Waals surface area (Å²) >= 11 is 0. The lowest BCUT2D eigenvalue weighted by molar-refractivity contribution is -0.129. The van der Waals surface area contributed by atoms with E-state index in [2.05, 4.69) is 25.8 Å². The van der Waals surface area contributed by atoms with Gasteiger partial charge in [0.1, 0.15) is 13.0 Å². The molecule has 5 fully saturated rings. The molecule has 0 spiro atoms. The monoisotopic (exact) mass is 532 g/mol. The highest BCUT2D eigenvalue weighted by Gasteiger charge is 2.52. The van der Waals surface area contributed by atoms with E-state index in [4.69, 9.17) is 4.74 Å². The van der Waals surface area contributed by atoms with Gasteiger partial charge in [0, 0.05) is 5.54 Å². The van der Waals surface area contributed by atoms with Crippen molar-refractivity contribution in [2.24, 2.45) is 11.3 Å². The first-order valence-corrected chi connectivity index (χ1v) is 16.5. The highest BCUT2D eigenvalue weighted by atomic mass is 16.5. The second-order valence-corrected chi connectivity index (χ2v) is 13.3. The van der Waals surface area contributed by atoms with Crippen LogP contribution in [0.25, 0.3) is 0 Å². The second kappa shape index (κ2) is 15.3. The number of nitrogens with one attached hydrogen (secondary N) is 1. The Morgan fingerprint density at radius 2 is 1.33 bits per heavy atom. The van der Waals surface area contributed by atoms with E-state index in [1.54, 1.807) is 18.2 Å². The first-order valence-electron chi connectivity index (χ1n) is 16.5. The third-order valence-corrected chi connectivity index (χ3v) is 10.8. The van der Waals surface area contributed by atoms with Crippen molar-refractivity contribution in [2.75, 3.05) is 6.61 Å². The van der Waals surface area contributed by atoms with Gasteiger partial charge in [0.15, 0.2) is 6.61 Å². The Balaban J connectivity index is 1.24. The van der Waals surface area contributed by atoms with Crippen molar-refractivity contribution in [3.05, 3.63) is 49.3 Å². The van der Waals surface area contributed by atoms with Crippen LogP contribution in [0.15, 0.2) is 49.3 Å². The summed E-state index contributed by atoms with van der Waals surface area (Å²) < 4.78 is 5.75. The van der Waals surface area contributed by atoms with Crippen molar-refractivity contribution < 1.29 is 9.53 Å². The molecule has 1 N–H and O–H groups in total. The Morgan fingerprint density at radius 1 is 0.769 bits per heavy atom. The van der Waals surface area contributed by atoms with Crippen molar-refractivity contribution >= 4 is 13.2 Å². The first-order chi connectivity index (χ1) is 19.1. The topological polar surface area (TPSA) is 38.3 Å². The molecule has 1 radical (unpaired) electrons. The lowest BCUT2D eigenvalue weighted by Gasteiger charge is -2.57. The van der Waals surface area contributed by atoms with Gasteiger partial charge in [-0.1, -0.05) is 120 Å². The molecule has 5 aliphatic rings. The normalized spacial score (nSPS) is 33.2. The summed E-state index contributed by atoms with van der Waals surface area (Å²) in [6.07, 6.45) is 36.2. The quantitative estimate of drug-likeness (QED) is 0.173. The Hall–Kier alpha value is -1.71. The highest BCUT2D eigenvalue weighted by Crippen LogP contribution is 2.58. The SMILES string of the molecule is C=C/C=C\C(=C/C=C)OCC(=O)NC12CCC(C3CCCCC([B]C4CCCCCCC4)CCC3)(CC1)CC2. The Kier molecular flexibility index (Phi) is 11.9. The minimum absolute atomic E-state index is 0.000362. The Labute approximate surface area is 240 Å². The van der Waals surface area contributed by atoms with Crippen molar-refractivity contribution in [2.45, 2.75) is 146 Å². The van der Waals surface area contributed by atoms with Gasteiger partial charge in [-0.2, -0.15) is 0 Å². The Morgan fingerprint density at radius 3 is 1.97 bits per heavy atom. The molecular weight excluding hydrogens is 477 g/mol. The largest absolute Gasteiger partial charge is 0.484 e. The molecule has 215 valence electrons. The number of hydrogen-bond acceptors (Lipinski definition) is 2. The molecule has 5 aliphatic carbocycles. The molecule has 39 heavy (non-hydrogen) atoms. The van der Waals surface area contributed by atoms with Gasteiger partial charge in [0.05, 0.1) is 0 Å². The number of fused-ring (bicyclic) bond motifs is 3. The smallest absolute Gasteiger partial charge is 0.258 e. The van der Waals surface area contributed by atoms with Crippen LogP contribution >= 0.6 is 0 Å². The van der Waals surface area contributed by atoms with E-state index in [1.165, 1.54) is 109 Å². The van der Waals surface area contributed by atoms with Crippen molar-refractivity contribution in [1.29, 1.82) is 0 Å². The zero-order chi connectivity index (χ0) is 27.4. The summed E-state index contributed by atoms with van der Waals surface area (Å²) in [7, 11) is 2.83. The van der Waals surface area contributed by atoms with Crippen LogP contribution in [-0.2, 0) is 9.53 Å². The zero-order valence-corrected chi connectivity index (χ0v) is 24.8. The minimum Gasteiger partial charge on any atom is -0.484 e. The van der Waals surface area contributed by atoms with E-state index in [-0.39, 0.29) is 18.1 Å². The maximum Gasteiger partial charge on any atom is 0.258 e. The Bertz CT molecular complexity index is 828. The van der Waals surface area contributed by atoms with E-state index in [9.17, 15) is 4.79 Å². The van der Waals surface area contributed by atoms with Gasteiger partial charge < -0.3 is 10.1 Å². The van der Waals surface area contributed by atoms with E-state index in [0.717, 1.165) is 36.8 Å². The van der Waals surface area contributed by atoms with Crippen LogP contribution in [0.4, 0.5) is 0 Å². The molecule has 5 saturated carbocycles. The average Bonchev–Trinajstić information content (AvgIpc) is 3.05. The van der Waals surface area contributed by atoms with Gasteiger partial charge >= 0.3 is 0 Å². The molecule has 4 heteroatoms. The van der Waals surface area contributed by atoms with Crippen molar-refractivity contribution in [3.8, 4) is 0 Å². The molecule has 0 aromatic carbocycles. The molecule has 2 bridgehead atoms. The van der Waals surface area contributed by atoms with Crippen LogP contribution in [0.1, 0.15) is 128 Å². The fourth-order valence-electron chi connectivity index (χ4n) is 8.51. The molecule has 1 amide bonds. The van der Waals surface area contributed by atoms with Gasteiger partial charge in [0.25, 0.3) is 5.91 Å². The fraction of sp³-hybridized carbons (Fsp3) is 0.743.